The Morgan fingerprint density at radius 3 is 2.76 bits per heavy atom. The van der Waals surface area contributed by atoms with E-state index < -0.39 is 0 Å². The van der Waals surface area contributed by atoms with E-state index in [0.29, 0.717) is 25.3 Å². The molecular formula is C18H22N4O3. The van der Waals surface area contributed by atoms with Crippen molar-refractivity contribution in [1.29, 1.82) is 0 Å². The maximum Gasteiger partial charge on any atom is 0.275 e. The second kappa shape index (κ2) is 7.38. The number of para-hydroxylation sites is 1. The fourth-order valence-electron chi connectivity index (χ4n) is 2.96. The number of carbonyl (C=O) groups excluding carboxylic acids is 2. The number of benzene rings is 1. The van der Waals surface area contributed by atoms with E-state index in [9.17, 15) is 9.59 Å². The van der Waals surface area contributed by atoms with Gasteiger partial charge in [-0.2, -0.15) is 5.10 Å². The van der Waals surface area contributed by atoms with Gasteiger partial charge < -0.3 is 15.0 Å². The van der Waals surface area contributed by atoms with Gasteiger partial charge in [-0.05, 0) is 18.6 Å². The molecular weight excluding hydrogens is 320 g/mol. The Morgan fingerprint density at radius 2 is 2.08 bits per heavy atom. The Kier molecular flexibility index (Phi) is 5.02. The molecule has 1 fully saturated rings. The molecule has 25 heavy (non-hydrogen) atoms. The molecule has 0 saturated carbocycles. The molecule has 3 rings (SSSR count). The molecule has 1 aliphatic heterocycles. The van der Waals surface area contributed by atoms with Gasteiger partial charge in [0.25, 0.3) is 5.91 Å². The lowest BCUT2D eigenvalue weighted by Gasteiger charge is -2.16. The van der Waals surface area contributed by atoms with E-state index in [1.54, 1.807) is 15.8 Å². The van der Waals surface area contributed by atoms with Crippen molar-refractivity contribution in [3.05, 3.63) is 42.2 Å². The van der Waals surface area contributed by atoms with Crippen molar-refractivity contribution >= 4 is 11.8 Å². The second-order valence-electron chi connectivity index (χ2n) is 5.98. The predicted molar refractivity (Wildman–Crippen MR) is 92.9 cm³/mol. The van der Waals surface area contributed by atoms with Crippen LogP contribution in [0.15, 0.2) is 36.5 Å². The first-order valence-electron chi connectivity index (χ1n) is 8.40. The first kappa shape index (κ1) is 17.0. The number of rotatable bonds is 5. The van der Waals surface area contributed by atoms with Gasteiger partial charge in [0.1, 0.15) is 0 Å². The molecule has 0 bridgehead atoms. The summed E-state index contributed by atoms with van der Waals surface area (Å²) in [7, 11) is 1.51. The normalized spacial score (nSPS) is 16.7. The molecule has 1 N–H and O–H groups in total. The van der Waals surface area contributed by atoms with E-state index in [2.05, 4.69) is 10.4 Å². The second-order valence-corrected chi connectivity index (χ2v) is 5.98. The lowest BCUT2D eigenvalue weighted by Crippen LogP contribution is -2.38. The van der Waals surface area contributed by atoms with Crippen LogP contribution in [-0.4, -0.2) is 52.7 Å². The van der Waals surface area contributed by atoms with Crippen LogP contribution in [0, 0.1) is 0 Å². The summed E-state index contributed by atoms with van der Waals surface area (Å²) in [5.74, 6) is 0.242. The van der Waals surface area contributed by atoms with E-state index in [1.165, 1.54) is 7.11 Å². The maximum atomic E-state index is 12.6. The van der Waals surface area contributed by atoms with Crippen molar-refractivity contribution < 1.29 is 14.3 Å². The topological polar surface area (TPSA) is 76.5 Å². The molecule has 0 radical (unpaired) electrons. The molecule has 1 saturated heterocycles. The molecule has 2 heterocycles. The Morgan fingerprint density at radius 1 is 1.32 bits per heavy atom. The first-order valence-corrected chi connectivity index (χ1v) is 8.40. The molecule has 2 aromatic rings. The van der Waals surface area contributed by atoms with Crippen molar-refractivity contribution in [3.63, 3.8) is 0 Å². The van der Waals surface area contributed by atoms with Crippen molar-refractivity contribution in [2.75, 3.05) is 20.2 Å². The number of nitrogens with zero attached hydrogens (tertiary/aromatic N) is 3. The number of amides is 2. The van der Waals surface area contributed by atoms with Crippen LogP contribution in [0.1, 0.15) is 30.3 Å². The number of ether oxygens (including phenoxy) is 1. The van der Waals surface area contributed by atoms with E-state index >= 15 is 0 Å². The van der Waals surface area contributed by atoms with Crippen molar-refractivity contribution in [3.8, 4) is 11.4 Å². The van der Waals surface area contributed by atoms with Gasteiger partial charge in [0.05, 0.1) is 19.0 Å². The van der Waals surface area contributed by atoms with Crippen LogP contribution >= 0.6 is 0 Å². The van der Waals surface area contributed by atoms with Gasteiger partial charge in [0, 0.05) is 25.6 Å². The Balaban J connectivity index is 1.72. The number of hydrogen-bond donors (Lipinski definition) is 1. The minimum absolute atomic E-state index is 0.0606. The van der Waals surface area contributed by atoms with Crippen LogP contribution in [0.25, 0.3) is 5.69 Å². The largest absolute Gasteiger partial charge is 0.493 e. The molecule has 7 nitrogen and oxygen atoms in total. The molecule has 0 spiro atoms. The fourth-order valence-corrected chi connectivity index (χ4v) is 2.96. The molecule has 1 aromatic carbocycles. The lowest BCUT2D eigenvalue weighted by atomic mass is 10.2. The van der Waals surface area contributed by atoms with Gasteiger partial charge in [0.2, 0.25) is 5.91 Å². The highest BCUT2D eigenvalue weighted by molar-refractivity contribution is 5.95. The highest BCUT2D eigenvalue weighted by atomic mass is 16.5. The van der Waals surface area contributed by atoms with Gasteiger partial charge in [0.15, 0.2) is 11.4 Å². The third kappa shape index (κ3) is 3.65. The van der Waals surface area contributed by atoms with Gasteiger partial charge in [-0.15, -0.1) is 0 Å². The Bertz CT molecular complexity index is 757. The minimum Gasteiger partial charge on any atom is -0.493 e. The molecule has 1 aromatic heterocycles. The number of methoxy groups -OCH3 is 1. The monoisotopic (exact) mass is 342 g/mol. The third-order valence-corrected chi connectivity index (χ3v) is 4.32. The summed E-state index contributed by atoms with van der Waals surface area (Å²) in [5.41, 5.74) is 1.09. The summed E-state index contributed by atoms with van der Waals surface area (Å²) >= 11 is 0. The van der Waals surface area contributed by atoms with Crippen LogP contribution in [0.3, 0.4) is 0 Å². The van der Waals surface area contributed by atoms with E-state index in [-0.39, 0.29) is 23.6 Å². The van der Waals surface area contributed by atoms with Gasteiger partial charge in [-0.25, -0.2) is 4.68 Å². The third-order valence-electron chi connectivity index (χ3n) is 4.32. The van der Waals surface area contributed by atoms with Crippen molar-refractivity contribution in [2.45, 2.75) is 25.8 Å². The van der Waals surface area contributed by atoms with E-state index in [1.807, 2.05) is 37.3 Å². The van der Waals surface area contributed by atoms with Crippen molar-refractivity contribution in [1.82, 2.24) is 20.0 Å². The van der Waals surface area contributed by atoms with Crippen LogP contribution in [0.5, 0.6) is 5.75 Å². The molecule has 2 amide bonds. The SMILES string of the molecule is CCC(=O)N1CCC(NC(=O)c2nn(-c3ccccc3)cc2OC)C1. The predicted octanol–water partition coefficient (Wildman–Crippen LogP) is 1.62. The Hall–Kier alpha value is -2.83. The smallest absolute Gasteiger partial charge is 0.275 e. The lowest BCUT2D eigenvalue weighted by molar-refractivity contribution is -0.129. The van der Waals surface area contributed by atoms with E-state index in [4.69, 9.17) is 4.74 Å². The minimum atomic E-state index is -0.290. The molecule has 1 aliphatic rings. The quantitative estimate of drug-likeness (QED) is 0.896. The van der Waals surface area contributed by atoms with Crippen LogP contribution in [0.2, 0.25) is 0 Å². The Labute approximate surface area is 146 Å². The number of carbonyl (C=O) groups is 2. The highest BCUT2D eigenvalue weighted by Gasteiger charge is 2.28. The summed E-state index contributed by atoms with van der Waals surface area (Å²) in [6.07, 6.45) is 2.92. The average molecular weight is 342 g/mol. The highest BCUT2D eigenvalue weighted by Crippen LogP contribution is 2.20. The molecule has 132 valence electrons. The molecule has 1 atom stereocenters. The van der Waals surface area contributed by atoms with Gasteiger partial charge in [-0.3, -0.25) is 9.59 Å². The van der Waals surface area contributed by atoms with Gasteiger partial charge >= 0.3 is 0 Å². The zero-order chi connectivity index (χ0) is 17.8. The number of nitrogens with one attached hydrogen (secondary N) is 1. The van der Waals surface area contributed by atoms with Crippen LogP contribution in [0.4, 0.5) is 0 Å². The summed E-state index contributed by atoms with van der Waals surface area (Å²) in [4.78, 5) is 26.1. The molecule has 7 heteroatoms. The summed E-state index contributed by atoms with van der Waals surface area (Å²) in [5, 5.41) is 7.32. The van der Waals surface area contributed by atoms with Gasteiger partial charge in [-0.1, -0.05) is 25.1 Å². The maximum absolute atomic E-state index is 12.6. The zero-order valence-corrected chi connectivity index (χ0v) is 14.4. The number of aromatic nitrogens is 2. The summed E-state index contributed by atoms with van der Waals surface area (Å²) in [6, 6.07) is 9.47. The molecule has 0 aliphatic carbocycles. The fraction of sp³-hybridized carbons (Fsp3) is 0.389. The number of hydrogen-bond acceptors (Lipinski definition) is 4. The van der Waals surface area contributed by atoms with Crippen LogP contribution < -0.4 is 10.1 Å². The molecule has 1 unspecified atom stereocenters. The summed E-state index contributed by atoms with van der Waals surface area (Å²) < 4.78 is 6.92. The first-order chi connectivity index (χ1) is 12.1. The van der Waals surface area contributed by atoms with Crippen LogP contribution in [-0.2, 0) is 4.79 Å². The average Bonchev–Trinajstić information content (AvgIpc) is 3.28. The zero-order valence-electron chi connectivity index (χ0n) is 14.4. The van der Waals surface area contributed by atoms with Crippen molar-refractivity contribution in [2.24, 2.45) is 0 Å². The standard InChI is InChI=1S/C18H22N4O3/c1-3-16(23)21-10-9-13(11-21)19-18(24)17-15(25-2)12-22(20-17)14-7-5-4-6-8-14/h4-8,12-13H,3,9-11H2,1-2H3,(H,19,24). The number of likely N-dealkylation sites (tertiary alicyclic amines) is 1. The summed E-state index contributed by atoms with van der Waals surface area (Å²) in [6.45, 7) is 3.06. The van der Waals surface area contributed by atoms with E-state index in [0.717, 1.165) is 12.1 Å².